The highest BCUT2D eigenvalue weighted by molar-refractivity contribution is 7.79. The first kappa shape index (κ1) is 22.7. The summed E-state index contributed by atoms with van der Waals surface area (Å²) in [5.41, 5.74) is 21.1. The third kappa shape index (κ3) is 36.2. The van der Waals surface area contributed by atoms with Crippen LogP contribution in [0.3, 0.4) is 0 Å². The van der Waals surface area contributed by atoms with Crippen LogP contribution in [0.1, 0.15) is 44.9 Å². The van der Waals surface area contributed by atoms with Gasteiger partial charge in [0.05, 0.1) is 13.1 Å². The van der Waals surface area contributed by atoms with Gasteiger partial charge in [-0.15, -0.1) is 0 Å². The van der Waals surface area contributed by atoms with Crippen LogP contribution in [0.5, 0.6) is 0 Å². The van der Waals surface area contributed by atoms with Gasteiger partial charge in [0.15, 0.2) is 0 Å². The molecule has 0 fully saturated rings. The van der Waals surface area contributed by atoms with Crippen molar-refractivity contribution in [3.8, 4) is 0 Å². The average Bonchev–Trinajstić information content (AvgIpc) is 2.33. The summed E-state index contributed by atoms with van der Waals surface area (Å²) in [7, 11) is -5.17. The molecular formula is C11H28N6O4S. The molecule has 0 aromatic carbocycles. The first-order chi connectivity index (χ1) is 10.1. The minimum atomic E-state index is -5.17. The van der Waals surface area contributed by atoms with Crippen LogP contribution in [0.4, 0.5) is 0 Å². The van der Waals surface area contributed by atoms with E-state index < -0.39 is 10.4 Å². The van der Waals surface area contributed by atoms with Crippen molar-refractivity contribution in [3.63, 3.8) is 0 Å². The molecule has 0 atom stereocenters. The molecule has 10 N–H and O–H groups in total. The Morgan fingerprint density at radius 1 is 0.682 bits per heavy atom. The topological polar surface area (TPSA) is 212 Å². The highest BCUT2D eigenvalue weighted by Crippen LogP contribution is 2.05. The molecule has 0 radical (unpaired) electrons. The predicted molar refractivity (Wildman–Crippen MR) is 81.2 cm³/mol. The highest BCUT2D eigenvalue weighted by atomic mass is 32.3. The summed E-state index contributed by atoms with van der Waals surface area (Å²) in [4.78, 5) is 5.83. The zero-order valence-electron chi connectivity index (χ0n) is 12.7. The number of rotatable bonds is 10. The maximum atomic E-state index is 8.52. The quantitative estimate of drug-likeness (QED) is 0.0743. The van der Waals surface area contributed by atoms with Crippen LogP contribution in [0.25, 0.3) is 0 Å². The fourth-order valence-electron chi connectivity index (χ4n) is 1.60. The maximum Gasteiger partial charge on any atom is 0.338 e. The van der Waals surface area contributed by atoms with Gasteiger partial charge in [-0.1, -0.05) is 32.1 Å². The van der Waals surface area contributed by atoms with E-state index in [0.717, 1.165) is 25.9 Å². The summed E-state index contributed by atoms with van der Waals surface area (Å²) in [5.74, 6) is 0.627. The Kier molecular flexibility index (Phi) is 14.8. The molecule has 11 heteroatoms. The lowest BCUT2D eigenvalue weighted by Gasteiger charge is -2.06. The Labute approximate surface area is 131 Å². The minimum Gasteiger partial charge on any atom is -0.759 e. The van der Waals surface area contributed by atoms with Gasteiger partial charge in [0.25, 0.3) is 0 Å². The largest absolute Gasteiger partial charge is 0.759 e. The molecule has 0 aromatic rings. The van der Waals surface area contributed by atoms with E-state index >= 15 is 0 Å². The lowest BCUT2D eigenvalue weighted by Crippen LogP contribution is -2.78. The normalized spacial score (nSPS) is 10.3. The van der Waals surface area contributed by atoms with E-state index in [1.807, 2.05) is 0 Å². The Hall–Kier alpha value is -1.59. The number of nitrogens with two attached hydrogens (primary N) is 4. The van der Waals surface area contributed by atoms with E-state index in [0.29, 0.717) is 11.9 Å². The van der Waals surface area contributed by atoms with Crippen molar-refractivity contribution in [3.05, 3.63) is 0 Å². The Balaban J connectivity index is 0. The van der Waals surface area contributed by atoms with Gasteiger partial charge >= 0.3 is 11.9 Å². The number of nitrogens with one attached hydrogen (secondary N) is 2. The second-order valence-corrected chi connectivity index (χ2v) is 5.46. The molecule has 0 amide bonds. The van der Waals surface area contributed by atoms with Crippen molar-refractivity contribution in [1.82, 2.24) is 0 Å². The molecule has 0 aromatic heterocycles. The maximum absolute atomic E-state index is 8.52. The van der Waals surface area contributed by atoms with Gasteiger partial charge < -0.3 is 9.11 Å². The van der Waals surface area contributed by atoms with Crippen LogP contribution in [0, 0.1) is 0 Å². The smallest absolute Gasteiger partial charge is 0.338 e. The van der Waals surface area contributed by atoms with Crippen LogP contribution in [0.2, 0.25) is 0 Å². The zero-order valence-corrected chi connectivity index (χ0v) is 13.5. The van der Waals surface area contributed by atoms with Crippen molar-refractivity contribution in [2.75, 3.05) is 13.1 Å². The first-order valence-corrected chi connectivity index (χ1v) is 8.36. The van der Waals surface area contributed by atoms with E-state index in [-0.39, 0.29) is 0 Å². The molecule has 0 unspecified atom stereocenters. The monoisotopic (exact) mass is 340 g/mol. The molecule has 0 saturated heterocycles. The van der Waals surface area contributed by atoms with Crippen molar-refractivity contribution >= 4 is 22.3 Å². The summed E-state index contributed by atoms with van der Waals surface area (Å²) in [6.45, 7) is 1.75. The molecule has 0 saturated carbocycles. The number of hydrogen-bond acceptors (Lipinski definition) is 4. The van der Waals surface area contributed by atoms with E-state index in [2.05, 4.69) is 9.98 Å². The fraction of sp³-hybridized carbons (Fsp3) is 0.818. The van der Waals surface area contributed by atoms with Gasteiger partial charge in [0.1, 0.15) is 0 Å². The summed E-state index contributed by atoms with van der Waals surface area (Å²) < 4.78 is 34.1. The Morgan fingerprint density at radius 3 is 1.14 bits per heavy atom. The van der Waals surface area contributed by atoms with Gasteiger partial charge in [-0.05, 0) is 12.8 Å². The first-order valence-electron chi connectivity index (χ1n) is 7.03. The summed E-state index contributed by atoms with van der Waals surface area (Å²) in [6, 6.07) is 0. The molecule has 132 valence electrons. The molecule has 22 heavy (non-hydrogen) atoms. The molecule has 10 nitrogen and oxygen atoms in total. The second kappa shape index (κ2) is 14.4. The van der Waals surface area contributed by atoms with Gasteiger partial charge in [-0.3, -0.25) is 41.3 Å². The van der Waals surface area contributed by atoms with Gasteiger partial charge in [0, 0.05) is 10.4 Å². The lowest BCUT2D eigenvalue weighted by molar-refractivity contribution is -0.460. The van der Waals surface area contributed by atoms with Gasteiger partial charge in [-0.25, -0.2) is 0 Å². The Morgan fingerprint density at radius 2 is 0.909 bits per heavy atom. The standard InChI is InChI=1S/C11H26N6.H2O4S/c12-10(13)16-8-6-4-2-1-3-5-7-9-17-11(14)15;1-5(2,3)4/h1-9H2,(H4,12,13,16)(H4,14,15,17);(H2,1,2,3,4). The van der Waals surface area contributed by atoms with Crippen molar-refractivity contribution in [1.29, 1.82) is 0 Å². The molecule has 0 heterocycles. The van der Waals surface area contributed by atoms with Crippen LogP contribution < -0.4 is 32.9 Å². The molecule has 0 spiro atoms. The third-order valence-electron chi connectivity index (χ3n) is 2.51. The third-order valence-corrected chi connectivity index (χ3v) is 2.51. The van der Waals surface area contributed by atoms with Crippen LogP contribution >= 0.6 is 0 Å². The lowest BCUT2D eigenvalue weighted by atomic mass is 10.1. The SMILES string of the molecule is NC(N)=[NH+]CCCCCCCCC[NH+]=C(N)N.O=S(=O)([O-])[O-]. The van der Waals surface area contributed by atoms with E-state index in [1.165, 1.54) is 32.1 Å². The molecular weight excluding hydrogens is 312 g/mol. The van der Waals surface area contributed by atoms with E-state index in [9.17, 15) is 0 Å². The highest BCUT2D eigenvalue weighted by Gasteiger charge is 1.93. The number of hydrogen-bond donors (Lipinski definition) is 6. The fourth-order valence-corrected chi connectivity index (χ4v) is 1.60. The number of unbranched alkanes of at least 4 members (excludes halogenated alkanes) is 6. The van der Waals surface area contributed by atoms with Crippen LogP contribution in [-0.4, -0.2) is 42.5 Å². The Bertz CT molecular complexity index is 384. The zero-order chi connectivity index (χ0) is 17.4. The second-order valence-electron chi connectivity index (χ2n) is 4.65. The molecule has 0 aliphatic carbocycles. The predicted octanol–water partition coefficient (Wildman–Crippen LogP) is -4.91. The average molecular weight is 340 g/mol. The number of guanidine groups is 2. The molecule has 0 aliphatic rings. The molecule has 0 bridgehead atoms. The van der Waals surface area contributed by atoms with Crippen LogP contribution in [0.15, 0.2) is 0 Å². The van der Waals surface area contributed by atoms with Crippen molar-refractivity contribution < 1.29 is 27.5 Å². The summed E-state index contributed by atoms with van der Waals surface area (Å²) in [5, 5.41) is 0. The van der Waals surface area contributed by atoms with Crippen LogP contribution in [-0.2, 0) is 10.4 Å². The van der Waals surface area contributed by atoms with Gasteiger partial charge in [-0.2, -0.15) is 0 Å². The molecule has 0 aliphatic heterocycles. The van der Waals surface area contributed by atoms with Gasteiger partial charge in [0.2, 0.25) is 0 Å². The summed E-state index contributed by atoms with van der Waals surface area (Å²) in [6.07, 6.45) is 8.51. The van der Waals surface area contributed by atoms with E-state index in [4.69, 9.17) is 40.5 Å². The minimum absolute atomic E-state index is 0.313. The summed E-state index contributed by atoms with van der Waals surface area (Å²) >= 11 is 0. The van der Waals surface area contributed by atoms with Crippen molar-refractivity contribution in [2.45, 2.75) is 44.9 Å². The molecule has 0 rings (SSSR count). The van der Waals surface area contributed by atoms with Crippen molar-refractivity contribution in [2.24, 2.45) is 22.9 Å². The van der Waals surface area contributed by atoms with E-state index in [1.54, 1.807) is 0 Å².